The second-order valence-corrected chi connectivity index (χ2v) is 4.75. The Labute approximate surface area is 118 Å². The maximum Gasteiger partial charge on any atom is 0.229 e. The van der Waals surface area contributed by atoms with Crippen LogP contribution in [-0.2, 0) is 11.2 Å². The maximum absolute atomic E-state index is 12.0. The number of benzene rings is 1. The van der Waals surface area contributed by atoms with E-state index in [4.69, 9.17) is 4.74 Å². The summed E-state index contributed by atoms with van der Waals surface area (Å²) in [6.45, 7) is 3.93. The molecule has 0 aliphatic rings. The van der Waals surface area contributed by atoms with E-state index in [0.29, 0.717) is 12.2 Å². The van der Waals surface area contributed by atoms with Gasteiger partial charge in [0.2, 0.25) is 5.91 Å². The van der Waals surface area contributed by atoms with Crippen molar-refractivity contribution in [2.75, 3.05) is 12.4 Å². The van der Waals surface area contributed by atoms with E-state index in [2.05, 4.69) is 10.3 Å². The highest BCUT2D eigenvalue weighted by molar-refractivity contribution is 5.91. The summed E-state index contributed by atoms with van der Waals surface area (Å²) >= 11 is 0. The average molecular weight is 270 g/mol. The number of aromatic nitrogens is 1. The highest BCUT2D eigenvalue weighted by Crippen LogP contribution is 2.19. The number of amides is 1. The van der Waals surface area contributed by atoms with Crippen molar-refractivity contribution in [3.8, 4) is 5.75 Å². The molecule has 4 heteroatoms. The van der Waals surface area contributed by atoms with Crippen LogP contribution in [0.25, 0.3) is 0 Å². The van der Waals surface area contributed by atoms with Gasteiger partial charge in [-0.1, -0.05) is 12.1 Å². The Morgan fingerprint density at radius 2 is 2.05 bits per heavy atom. The van der Waals surface area contributed by atoms with Crippen LogP contribution in [0, 0.1) is 13.8 Å². The molecule has 2 rings (SSSR count). The lowest BCUT2D eigenvalue weighted by atomic mass is 10.1. The molecule has 1 amide bonds. The molecule has 1 aromatic heterocycles. The fourth-order valence-electron chi connectivity index (χ4n) is 1.95. The van der Waals surface area contributed by atoms with Crippen molar-refractivity contribution in [3.05, 3.63) is 53.2 Å². The highest BCUT2D eigenvalue weighted by Gasteiger charge is 2.07. The van der Waals surface area contributed by atoms with Gasteiger partial charge in [-0.25, -0.2) is 4.98 Å². The van der Waals surface area contributed by atoms with Crippen LogP contribution in [0.3, 0.4) is 0 Å². The van der Waals surface area contributed by atoms with Gasteiger partial charge in [0.25, 0.3) is 0 Å². The molecule has 0 aliphatic carbocycles. The molecule has 0 bridgehead atoms. The van der Waals surface area contributed by atoms with E-state index in [1.165, 1.54) is 0 Å². The Morgan fingerprint density at radius 1 is 1.25 bits per heavy atom. The van der Waals surface area contributed by atoms with Crippen molar-refractivity contribution in [1.29, 1.82) is 0 Å². The molecular formula is C16H18N2O2. The first-order chi connectivity index (χ1) is 9.58. The topological polar surface area (TPSA) is 51.2 Å². The fraction of sp³-hybridized carbons (Fsp3) is 0.250. The van der Waals surface area contributed by atoms with E-state index in [9.17, 15) is 4.79 Å². The molecule has 0 atom stereocenters. The van der Waals surface area contributed by atoms with Gasteiger partial charge in [-0.05, 0) is 48.7 Å². The Kier molecular flexibility index (Phi) is 4.35. The van der Waals surface area contributed by atoms with E-state index >= 15 is 0 Å². The summed E-state index contributed by atoms with van der Waals surface area (Å²) < 4.78 is 5.26. The quantitative estimate of drug-likeness (QED) is 0.929. The number of hydrogen-bond donors (Lipinski definition) is 1. The van der Waals surface area contributed by atoms with Crippen molar-refractivity contribution in [2.24, 2.45) is 0 Å². The number of rotatable bonds is 4. The molecule has 0 saturated carbocycles. The van der Waals surface area contributed by atoms with Gasteiger partial charge < -0.3 is 10.1 Å². The molecule has 0 aliphatic heterocycles. The van der Waals surface area contributed by atoms with Gasteiger partial charge in [-0.3, -0.25) is 4.79 Å². The zero-order chi connectivity index (χ0) is 14.5. The van der Waals surface area contributed by atoms with Crippen molar-refractivity contribution >= 4 is 11.7 Å². The van der Waals surface area contributed by atoms with Gasteiger partial charge in [-0.2, -0.15) is 0 Å². The zero-order valence-corrected chi connectivity index (χ0v) is 11.9. The van der Waals surface area contributed by atoms with Crippen molar-refractivity contribution in [2.45, 2.75) is 20.3 Å². The predicted molar refractivity (Wildman–Crippen MR) is 79.0 cm³/mol. The van der Waals surface area contributed by atoms with Crippen LogP contribution in [0.15, 0.2) is 36.5 Å². The monoisotopic (exact) mass is 270 g/mol. The third kappa shape index (κ3) is 3.57. The number of methoxy groups -OCH3 is 1. The molecule has 0 spiro atoms. The summed E-state index contributed by atoms with van der Waals surface area (Å²) in [7, 11) is 1.63. The van der Waals surface area contributed by atoms with Crippen LogP contribution in [0.4, 0.5) is 5.82 Å². The maximum atomic E-state index is 12.0. The molecule has 1 N–H and O–H groups in total. The Balaban J connectivity index is 2.04. The molecule has 0 radical (unpaired) electrons. The number of pyridine rings is 1. The molecule has 1 heterocycles. The van der Waals surface area contributed by atoms with Crippen LogP contribution in [0.5, 0.6) is 5.75 Å². The SMILES string of the molecule is COc1cc(CC(=O)Nc2cc(C)ccn2)ccc1C. The number of carbonyl (C=O) groups excluding carboxylic acids is 1. The first-order valence-electron chi connectivity index (χ1n) is 6.44. The Bertz CT molecular complexity index is 624. The number of carbonyl (C=O) groups is 1. The van der Waals surface area contributed by atoms with Crippen LogP contribution in [-0.4, -0.2) is 18.0 Å². The van der Waals surface area contributed by atoms with E-state index in [1.807, 2.05) is 44.2 Å². The molecule has 1 aromatic carbocycles. The minimum absolute atomic E-state index is 0.0889. The minimum Gasteiger partial charge on any atom is -0.496 e. The summed E-state index contributed by atoms with van der Waals surface area (Å²) in [6.07, 6.45) is 1.98. The Morgan fingerprint density at radius 3 is 2.75 bits per heavy atom. The summed E-state index contributed by atoms with van der Waals surface area (Å²) in [6, 6.07) is 9.50. The molecule has 0 unspecified atom stereocenters. The lowest BCUT2D eigenvalue weighted by Crippen LogP contribution is -2.15. The van der Waals surface area contributed by atoms with E-state index < -0.39 is 0 Å². The van der Waals surface area contributed by atoms with Crippen molar-refractivity contribution in [3.63, 3.8) is 0 Å². The second kappa shape index (κ2) is 6.19. The molecule has 104 valence electrons. The van der Waals surface area contributed by atoms with Gasteiger partial charge in [0, 0.05) is 6.20 Å². The van der Waals surface area contributed by atoms with Gasteiger partial charge in [0.1, 0.15) is 11.6 Å². The van der Waals surface area contributed by atoms with Gasteiger partial charge >= 0.3 is 0 Å². The first kappa shape index (κ1) is 14.1. The number of aryl methyl sites for hydroxylation is 2. The zero-order valence-electron chi connectivity index (χ0n) is 11.9. The third-order valence-electron chi connectivity index (χ3n) is 3.02. The largest absolute Gasteiger partial charge is 0.496 e. The van der Waals surface area contributed by atoms with E-state index in [-0.39, 0.29) is 5.91 Å². The second-order valence-electron chi connectivity index (χ2n) is 4.75. The standard InChI is InChI=1S/C16H18N2O2/c1-11-6-7-17-15(8-11)18-16(19)10-13-5-4-12(2)14(9-13)20-3/h4-9H,10H2,1-3H3,(H,17,18,19). The van der Waals surface area contributed by atoms with Gasteiger partial charge in [0.15, 0.2) is 0 Å². The fourth-order valence-corrected chi connectivity index (χ4v) is 1.95. The predicted octanol–water partition coefficient (Wildman–Crippen LogP) is 2.89. The average Bonchev–Trinajstić information content (AvgIpc) is 2.41. The van der Waals surface area contributed by atoms with Crippen molar-refractivity contribution < 1.29 is 9.53 Å². The normalized spacial score (nSPS) is 10.2. The smallest absolute Gasteiger partial charge is 0.229 e. The molecule has 2 aromatic rings. The van der Waals surface area contributed by atoms with E-state index in [1.54, 1.807) is 13.3 Å². The molecule has 20 heavy (non-hydrogen) atoms. The van der Waals surface area contributed by atoms with Gasteiger partial charge in [0.05, 0.1) is 13.5 Å². The molecular weight excluding hydrogens is 252 g/mol. The summed E-state index contributed by atoms with van der Waals surface area (Å²) in [5.41, 5.74) is 3.03. The molecule has 4 nitrogen and oxygen atoms in total. The minimum atomic E-state index is -0.0889. The number of nitrogens with zero attached hydrogens (tertiary/aromatic N) is 1. The van der Waals surface area contributed by atoms with Crippen molar-refractivity contribution in [1.82, 2.24) is 4.98 Å². The number of anilines is 1. The Hall–Kier alpha value is -2.36. The number of ether oxygens (including phenoxy) is 1. The van der Waals surface area contributed by atoms with Crippen LogP contribution in [0.2, 0.25) is 0 Å². The molecule has 0 fully saturated rings. The summed E-state index contributed by atoms with van der Waals surface area (Å²) in [5, 5.41) is 2.79. The van der Waals surface area contributed by atoms with Crippen LogP contribution >= 0.6 is 0 Å². The van der Waals surface area contributed by atoms with Crippen LogP contribution < -0.4 is 10.1 Å². The molecule has 0 saturated heterocycles. The third-order valence-corrected chi connectivity index (χ3v) is 3.02. The summed E-state index contributed by atoms with van der Waals surface area (Å²) in [5.74, 6) is 1.28. The lowest BCUT2D eigenvalue weighted by molar-refractivity contribution is -0.115. The number of nitrogens with one attached hydrogen (secondary N) is 1. The lowest BCUT2D eigenvalue weighted by Gasteiger charge is -2.08. The highest BCUT2D eigenvalue weighted by atomic mass is 16.5. The van der Waals surface area contributed by atoms with Crippen LogP contribution in [0.1, 0.15) is 16.7 Å². The summed E-state index contributed by atoms with van der Waals surface area (Å²) in [4.78, 5) is 16.1. The first-order valence-corrected chi connectivity index (χ1v) is 6.44. The number of hydrogen-bond acceptors (Lipinski definition) is 3. The van der Waals surface area contributed by atoms with Gasteiger partial charge in [-0.15, -0.1) is 0 Å². The van der Waals surface area contributed by atoms with E-state index in [0.717, 1.165) is 22.4 Å².